The lowest BCUT2D eigenvalue weighted by Gasteiger charge is -2.30. The van der Waals surface area contributed by atoms with Gasteiger partial charge >= 0.3 is 0 Å². The first-order valence-electron chi connectivity index (χ1n) is 4.29. The summed E-state index contributed by atoms with van der Waals surface area (Å²) in [7, 11) is 0. The normalized spacial score (nSPS) is 23.4. The monoisotopic (exact) mass is 215 g/mol. The highest BCUT2D eigenvalue weighted by Crippen LogP contribution is 2.29. The predicted molar refractivity (Wildman–Crippen MR) is 47.2 cm³/mol. The third-order valence-electron chi connectivity index (χ3n) is 2.08. The van der Waals surface area contributed by atoms with Crippen molar-refractivity contribution in [1.29, 1.82) is 0 Å². The van der Waals surface area contributed by atoms with Crippen molar-refractivity contribution in [2.75, 3.05) is 0 Å². The van der Waals surface area contributed by atoms with Gasteiger partial charge in [-0.25, -0.2) is 0 Å². The molecule has 0 saturated carbocycles. The van der Waals surface area contributed by atoms with Crippen molar-refractivity contribution in [2.45, 2.75) is 6.04 Å². The number of hydrazine groups is 2. The number of hydrogen-bond donors (Lipinski definition) is 0. The van der Waals surface area contributed by atoms with E-state index in [0.29, 0.717) is 5.56 Å². The summed E-state index contributed by atoms with van der Waals surface area (Å²) in [6.45, 7) is 0. The number of hydrogen-bond acceptors (Lipinski definition) is 3. The first-order chi connectivity index (χ1) is 7.20. The molecule has 2 rings (SSSR count). The fourth-order valence-electron chi connectivity index (χ4n) is 1.35. The van der Waals surface area contributed by atoms with Gasteiger partial charge in [-0.1, -0.05) is 39.3 Å². The number of benzene rings is 1. The molecule has 1 aromatic rings. The first-order valence-corrected chi connectivity index (χ1v) is 4.29. The highest BCUT2D eigenvalue weighted by atomic mass is 19.3. The Bertz CT molecular complexity index is 357. The number of nitrogens with zero attached hydrogens (tertiary/aromatic N) is 3. The average molecular weight is 215 g/mol. The average Bonchev–Trinajstić information content (AvgIpc) is 2.27. The molecule has 0 amide bonds. The van der Waals surface area contributed by atoms with Crippen LogP contribution >= 0.6 is 0 Å². The Morgan fingerprint density at radius 2 is 1.67 bits per heavy atom. The third-order valence-corrected chi connectivity index (χ3v) is 2.08. The van der Waals surface area contributed by atoms with Crippen molar-refractivity contribution in [1.82, 2.24) is 15.8 Å². The molecule has 0 saturated heterocycles. The quantitative estimate of drug-likeness (QED) is 0.667. The van der Waals surface area contributed by atoms with Gasteiger partial charge in [-0.05, 0) is 16.9 Å². The van der Waals surface area contributed by atoms with Gasteiger partial charge in [-0.3, -0.25) is 0 Å². The molecule has 0 aromatic heterocycles. The van der Waals surface area contributed by atoms with Crippen LogP contribution in [0, 0.1) is 0 Å². The summed E-state index contributed by atoms with van der Waals surface area (Å²) in [6.07, 6.45) is 2.03. The van der Waals surface area contributed by atoms with E-state index in [1.165, 1.54) is 6.08 Å². The predicted octanol–water partition coefficient (Wildman–Crippen LogP) is 2.64. The molecular formula is C9H8F3N3. The van der Waals surface area contributed by atoms with Crippen LogP contribution in [-0.2, 0) is 0 Å². The van der Waals surface area contributed by atoms with Gasteiger partial charge in [0.05, 0.1) is 11.5 Å². The molecule has 1 aromatic carbocycles. The number of rotatable bonds is 1. The van der Waals surface area contributed by atoms with Crippen molar-refractivity contribution in [3.05, 3.63) is 48.2 Å². The summed E-state index contributed by atoms with van der Waals surface area (Å²) in [6, 6.07) is 7.45. The maximum Gasteiger partial charge on any atom is 0.106 e. The minimum Gasteiger partial charge on any atom is -0.113 e. The van der Waals surface area contributed by atoms with Gasteiger partial charge in [0.1, 0.15) is 6.04 Å². The van der Waals surface area contributed by atoms with E-state index in [9.17, 15) is 13.4 Å². The largest absolute Gasteiger partial charge is 0.113 e. The van der Waals surface area contributed by atoms with Crippen LogP contribution in [0.4, 0.5) is 13.4 Å². The molecule has 0 fully saturated rings. The molecule has 6 heteroatoms. The zero-order valence-corrected chi connectivity index (χ0v) is 7.59. The van der Waals surface area contributed by atoms with E-state index in [2.05, 4.69) is 0 Å². The molecule has 0 spiro atoms. The molecule has 0 radical (unpaired) electrons. The minimum atomic E-state index is -0.955. The van der Waals surface area contributed by atoms with E-state index in [4.69, 9.17) is 0 Å². The molecule has 80 valence electrons. The Morgan fingerprint density at radius 3 is 2.33 bits per heavy atom. The van der Waals surface area contributed by atoms with Crippen molar-refractivity contribution in [3.63, 3.8) is 0 Å². The smallest absolute Gasteiger partial charge is 0.106 e. The fourth-order valence-corrected chi connectivity index (χ4v) is 1.35. The topological polar surface area (TPSA) is 9.72 Å². The molecule has 1 atom stereocenters. The fraction of sp³-hybridized carbons (Fsp3) is 0.111. The van der Waals surface area contributed by atoms with Crippen LogP contribution in [0.25, 0.3) is 0 Å². The molecule has 0 bridgehead atoms. The Balaban J connectivity index is 2.28. The van der Waals surface area contributed by atoms with Gasteiger partial charge in [-0.2, -0.15) is 0 Å². The van der Waals surface area contributed by atoms with Crippen molar-refractivity contribution in [3.8, 4) is 0 Å². The molecule has 1 aliphatic heterocycles. The van der Waals surface area contributed by atoms with Crippen LogP contribution < -0.4 is 0 Å². The minimum absolute atomic E-state index is 0.338. The Labute approximate surface area is 84.4 Å². The van der Waals surface area contributed by atoms with Crippen molar-refractivity contribution in [2.24, 2.45) is 0 Å². The second kappa shape index (κ2) is 3.92. The van der Waals surface area contributed by atoms with Gasteiger partial charge in [0.15, 0.2) is 0 Å². The molecular weight excluding hydrogens is 207 g/mol. The third kappa shape index (κ3) is 1.81. The van der Waals surface area contributed by atoms with E-state index in [-0.39, 0.29) is 5.23 Å². The van der Waals surface area contributed by atoms with Crippen LogP contribution in [0.2, 0.25) is 0 Å². The van der Waals surface area contributed by atoms with Crippen LogP contribution in [0.3, 0.4) is 0 Å². The molecule has 15 heavy (non-hydrogen) atoms. The Hall–Kier alpha value is -1.53. The standard InChI is InChI=1S/C9H8F3N3/c10-13-7-6-9(14(11)15(13)12)8-4-2-1-3-5-8/h1-7,9H. The first kappa shape index (κ1) is 10.0. The lowest BCUT2D eigenvalue weighted by Crippen LogP contribution is -2.42. The summed E-state index contributed by atoms with van der Waals surface area (Å²) >= 11 is 0. The van der Waals surface area contributed by atoms with Crippen LogP contribution in [0.1, 0.15) is 11.6 Å². The van der Waals surface area contributed by atoms with E-state index in [1.807, 2.05) is 0 Å². The second-order valence-electron chi connectivity index (χ2n) is 3.01. The molecule has 1 heterocycles. The zero-order chi connectivity index (χ0) is 10.8. The lowest BCUT2D eigenvalue weighted by molar-refractivity contribution is -0.419. The summed E-state index contributed by atoms with van der Waals surface area (Å²) in [5.41, 5.74) is 0.534. The van der Waals surface area contributed by atoms with E-state index >= 15 is 0 Å². The summed E-state index contributed by atoms with van der Waals surface area (Å²) in [5.74, 6) is 0. The van der Waals surface area contributed by atoms with E-state index < -0.39 is 16.6 Å². The summed E-state index contributed by atoms with van der Waals surface area (Å²) in [5, 5.41) is -1.56. The van der Waals surface area contributed by atoms with Crippen LogP contribution in [0.15, 0.2) is 42.6 Å². The maximum atomic E-state index is 13.2. The Morgan fingerprint density at radius 1 is 1.00 bits per heavy atom. The van der Waals surface area contributed by atoms with Gasteiger partial charge in [0.2, 0.25) is 0 Å². The molecule has 3 nitrogen and oxygen atoms in total. The zero-order valence-electron chi connectivity index (χ0n) is 7.59. The van der Waals surface area contributed by atoms with Crippen molar-refractivity contribution < 1.29 is 13.4 Å². The molecule has 0 N–H and O–H groups in total. The lowest BCUT2D eigenvalue weighted by atomic mass is 10.1. The van der Waals surface area contributed by atoms with Gasteiger partial charge in [0.25, 0.3) is 0 Å². The highest BCUT2D eigenvalue weighted by Gasteiger charge is 2.32. The van der Waals surface area contributed by atoms with Gasteiger partial charge < -0.3 is 0 Å². The molecule has 1 aliphatic rings. The molecule has 0 aliphatic carbocycles. The van der Waals surface area contributed by atoms with Crippen LogP contribution in [0.5, 0.6) is 0 Å². The second-order valence-corrected chi connectivity index (χ2v) is 3.01. The van der Waals surface area contributed by atoms with Crippen molar-refractivity contribution >= 4 is 0 Å². The summed E-state index contributed by atoms with van der Waals surface area (Å²) in [4.78, 5) is 0. The van der Waals surface area contributed by atoms with Gasteiger partial charge in [0, 0.05) is 0 Å². The summed E-state index contributed by atoms with van der Waals surface area (Å²) < 4.78 is 38.6. The van der Waals surface area contributed by atoms with E-state index in [1.54, 1.807) is 30.3 Å². The van der Waals surface area contributed by atoms with Gasteiger partial charge in [-0.15, -0.1) is 9.71 Å². The molecule has 1 unspecified atom stereocenters. The SMILES string of the molecule is FN1C=CC(c2ccccc2)N(F)N1F. The van der Waals surface area contributed by atoms with E-state index in [0.717, 1.165) is 6.20 Å². The highest BCUT2D eigenvalue weighted by molar-refractivity contribution is 5.22. The van der Waals surface area contributed by atoms with Crippen LogP contribution in [-0.4, -0.2) is 15.8 Å². The Kier molecular flexibility index (Phi) is 2.61. The maximum absolute atomic E-state index is 13.2. The number of halogens is 3.